The van der Waals surface area contributed by atoms with Gasteiger partial charge in [0, 0.05) is 6.54 Å². The topological polar surface area (TPSA) is 43.8 Å². The normalized spacial score (nSPS) is 33.4. The van der Waals surface area contributed by atoms with Crippen LogP contribution in [0.3, 0.4) is 0 Å². The third kappa shape index (κ3) is 1.16. The van der Waals surface area contributed by atoms with Gasteiger partial charge in [0.05, 0.1) is 12.1 Å². The fourth-order valence-corrected chi connectivity index (χ4v) is 1.94. The molecule has 0 radical (unpaired) electrons. The second-order valence-corrected chi connectivity index (χ2v) is 3.41. The Morgan fingerprint density at radius 2 is 2.15 bits per heavy atom. The van der Waals surface area contributed by atoms with E-state index in [9.17, 15) is 13.6 Å². The first kappa shape index (κ1) is 8.68. The number of alkyl halides is 2. The molecule has 0 saturated carbocycles. The van der Waals surface area contributed by atoms with Crippen molar-refractivity contribution in [3.63, 3.8) is 0 Å². The van der Waals surface area contributed by atoms with Gasteiger partial charge in [0.15, 0.2) is 0 Å². The Balaban J connectivity index is 2.17. The van der Waals surface area contributed by atoms with Crippen LogP contribution >= 0.6 is 0 Å². The Morgan fingerprint density at radius 1 is 1.46 bits per heavy atom. The number of hydroxylamine groups is 2. The van der Waals surface area contributed by atoms with E-state index in [0.717, 1.165) is 4.90 Å². The van der Waals surface area contributed by atoms with Crippen molar-refractivity contribution in [3.8, 4) is 0 Å². The Hall–Kier alpha value is -0.910. The van der Waals surface area contributed by atoms with Crippen molar-refractivity contribution in [2.75, 3.05) is 6.54 Å². The average Bonchev–Trinajstić information content (AvgIpc) is 2.32. The van der Waals surface area contributed by atoms with Crippen molar-refractivity contribution in [2.24, 2.45) is 0 Å². The van der Waals surface area contributed by atoms with Crippen LogP contribution in [0.1, 0.15) is 12.8 Å². The van der Waals surface area contributed by atoms with Crippen LogP contribution in [0.4, 0.5) is 13.6 Å². The predicted octanol–water partition coefficient (Wildman–Crippen LogP) is 0.909. The molecule has 2 atom stereocenters. The molecular formula is C7H10F2N2O2. The van der Waals surface area contributed by atoms with Crippen LogP contribution in [0.5, 0.6) is 0 Å². The SMILES string of the molecule is O=C1N(O)[C@@H]2CC[C@H](C(F)F)N1C2. The van der Waals surface area contributed by atoms with E-state index in [0.29, 0.717) is 11.5 Å². The molecule has 0 unspecified atom stereocenters. The van der Waals surface area contributed by atoms with E-state index < -0.39 is 18.5 Å². The van der Waals surface area contributed by atoms with Crippen molar-refractivity contribution < 1.29 is 18.8 Å². The summed E-state index contributed by atoms with van der Waals surface area (Å²) in [5, 5.41) is 9.74. The first-order chi connectivity index (χ1) is 6.11. The number of amides is 2. The molecule has 2 heterocycles. The summed E-state index contributed by atoms with van der Waals surface area (Å²) in [7, 11) is 0. The van der Waals surface area contributed by atoms with Crippen LogP contribution < -0.4 is 0 Å². The predicted molar refractivity (Wildman–Crippen MR) is 38.5 cm³/mol. The van der Waals surface area contributed by atoms with E-state index in [1.165, 1.54) is 0 Å². The molecule has 2 fully saturated rings. The fraction of sp³-hybridized carbons (Fsp3) is 0.857. The van der Waals surface area contributed by atoms with Gasteiger partial charge in [-0.2, -0.15) is 0 Å². The van der Waals surface area contributed by atoms with Gasteiger partial charge in [-0.25, -0.2) is 18.6 Å². The smallest absolute Gasteiger partial charge is 0.312 e. The Kier molecular flexibility index (Phi) is 1.87. The highest BCUT2D eigenvalue weighted by Gasteiger charge is 2.47. The van der Waals surface area contributed by atoms with E-state index >= 15 is 0 Å². The van der Waals surface area contributed by atoms with Gasteiger partial charge in [0.2, 0.25) is 0 Å². The van der Waals surface area contributed by atoms with Gasteiger partial charge in [0.25, 0.3) is 6.43 Å². The lowest BCUT2D eigenvalue weighted by atomic mass is 10.0. The highest BCUT2D eigenvalue weighted by Crippen LogP contribution is 2.30. The number of carbonyl (C=O) groups excluding carboxylic acids is 1. The molecule has 0 aromatic rings. The minimum atomic E-state index is -2.52. The van der Waals surface area contributed by atoms with Gasteiger partial charge in [0.1, 0.15) is 0 Å². The van der Waals surface area contributed by atoms with Crippen LogP contribution in [-0.2, 0) is 0 Å². The van der Waals surface area contributed by atoms with E-state index in [2.05, 4.69) is 0 Å². The summed E-state index contributed by atoms with van der Waals surface area (Å²) in [6.45, 7) is 0.227. The lowest BCUT2D eigenvalue weighted by Crippen LogP contribution is -2.44. The largest absolute Gasteiger partial charge is 0.344 e. The highest BCUT2D eigenvalue weighted by molar-refractivity contribution is 5.76. The van der Waals surface area contributed by atoms with Gasteiger partial charge >= 0.3 is 6.03 Å². The molecule has 2 amide bonds. The molecule has 4 nitrogen and oxygen atoms in total. The van der Waals surface area contributed by atoms with E-state index in [-0.39, 0.29) is 19.0 Å². The highest BCUT2D eigenvalue weighted by atomic mass is 19.3. The molecule has 6 heteroatoms. The molecule has 1 N–H and O–H groups in total. The summed E-state index contributed by atoms with van der Waals surface area (Å²) >= 11 is 0. The zero-order chi connectivity index (χ0) is 9.59. The van der Waals surface area contributed by atoms with Gasteiger partial charge in [-0.05, 0) is 12.8 Å². The summed E-state index contributed by atoms with van der Waals surface area (Å²) in [6, 6.07) is -1.99. The second-order valence-electron chi connectivity index (χ2n) is 3.41. The Morgan fingerprint density at radius 3 is 2.77 bits per heavy atom. The number of hydrogen-bond donors (Lipinski definition) is 1. The lowest BCUT2D eigenvalue weighted by molar-refractivity contribution is -0.0586. The van der Waals surface area contributed by atoms with Crippen molar-refractivity contribution in [3.05, 3.63) is 0 Å². The molecule has 13 heavy (non-hydrogen) atoms. The molecule has 2 aliphatic heterocycles. The average molecular weight is 192 g/mol. The number of halogens is 2. The first-order valence-corrected chi connectivity index (χ1v) is 4.18. The van der Waals surface area contributed by atoms with E-state index in [4.69, 9.17) is 5.21 Å². The molecule has 0 aliphatic carbocycles. The van der Waals surface area contributed by atoms with Crippen LogP contribution in [0.15, 0.2) is 0 Å². The maximum Gasteiger partial charge on any atom is 0.344 e. The summed E-state index contributed by atoms with van der Waals surface area (Å²) in [6.07, 6.45) is -1.80. The maximum absolute atomic E-state index is 12.4. The minimum Gasteiger partial charge on any atom is -0.312 e. The molecule has 74 valence electrons. The fourth-order valence-electron chi connectivity index (χ4n) is 1.94. The summed E-state index contributed by atoms with van der Waals surface area (Å²) in [4.78, 5) is 12.2. The van der Waals surface area contributed by atoms with Crippen molar-refractivity contribution in [1.82, 2.24) is 9.96 Å². The summed E-state index contributed by atoms with van der Waals surface area (Å²) in [5.74, 6) is 0. The Bertz CT molecular complexity index is 237. The minimum absolute atomic E-state index is 0.227. The molecule has 0 aromatic carbocycles. The molecule has 2 bridgehead atoms. The van der Waals surface area contributed by atoms with E-state index in [1.54, 1.807) is 0 Å². The third-order valence-corrected chi connectivity index (χ3v) is 2.68. The number of nitrogens with zero attached hydrogens (tertiary/aromatic N) is 2. The zero-order valence-corrected chi connectivity index (χ0v) is 6.86. The molecule has 2 rings (SSSR count). The molecule has 0 aromatic heterocycles. The number of carbonyl (C=O) groups is 1. The van der Waals surface area contributed by atoms with Gasteiger partial charge in [-0.3, -0.25) is 5.21 Å². The molecular weight excluding hydrogens is 182 g/mol. The summed E-state index contributed by atoms with van der Waals surface area (Å²) in [5.41, 5.74) is 0. The first-order valence-electron chi connectivity index (χ1n) is 4.18. The lowest BCUT2D eigenvalue weighted by Gasteiger charge is -2.29. The van der Waals surface area contributed by atoms with Gasteiger partial charge in [-0.1, -0.05) is 0 Å². The zero-order valence-electron chi connectivity index (χ0n) is 6.86. The number of hydrogen-bond acceptors (Lipinski definition) is 2. The van der Waals surface area contributed by atoms with Crippen LogP contribution in [0, 0.1) is 0 Å². The van der Waals surface area contributed by atoms with Crippen molar-refractivity contribution in [1.29, 1.82) is 0 Å². The van der Waals surface area contributed by atoms with Gasteiger partial charge < -0.3 is 4.90 Å². The monoisotopic (exact) mass is 192 g/mol. The van der Waals surface area contributed by atoms with Crippen LogP contribution in [-0.4, -0.2) is 46.3 Å². The van der Waals surface area contributed by atoms with Gasteiger partial charge in [-0.15, -0.1) is 0 Å². The molecule has 0 spiro atoms. The van der Waals surface area contributed by atoms with Crippen molar-refractivity contribution >= 4 is 6.03 Å². The molecule has 2 aliphatic rings. The molecule has 2 saturated heterocycles. The van der Waals surface area contributed by atoms with E-state index in [1.807, 2.05) is 0 Å². The Labute approximate surface area is 73.7 Å². The number of urea groups is 1. The number of rotatable bonds is 1. The van der Waals surface area contributed by atoms with Crippen molar-refractivity contribution in [2.45, 2.75) is 31.4 Å². The quantitative estimate of drug-likeness (QED) is 0.627. The maximum atomic E-state index is 12.4. The third-order valence-electron chi connectivity index (χ3n) is 2.68. The van der Waals surface area contributed by atoms with Crippen LogP contribution in [0.25, 0.3) is 0 Å². The summed E-state index contributed by atoms with van der Waals surface area (Å²) < 4.78 is 24.8. The number of fused-ring (bicyclic) bond motifs is 2. The van der Waals surface area contributed by atoms with Crippen LogP contribution in [0.2, 0.25) is 0 Å². The number of piperidine rings is 1. The second kappa shape index (κ2) is 2.80. The standard InChI is InChI=1S/C7H10F2N2O2/c8-6(9)5-2-1-4-3-10(5)7(12)11(4)13/h4-6,13H,1-3H2/t4-,5-/m1/s1.